The maximum absolute atomic E-state index is 13.5. The number of primary amides is 1. The van der Waals surface area contributed by atoms with Gasteiger partial charge in [-0.25, -0.2) is 4.79 Å². The number of nitrogens with two attached hydrogens (primary N) is 2. The number of nitrogens with one attached hydrogen (secondary N) is 4. The fourth-order valence-electron chi connectivity index (χ4n) is 4.75. The number of hydrogen-bond acceptors (Lipinski definition) is 9. The van der Waals surface area contributed by atoms with Crippen LogP contribution in [0, 0.1) is 5.41 Å². The van der Waals surface area contributed by atoms with Crippen molar-refractivity contribution in [3.8, 4) is 0 Å². The van der Waals surface area contributed by atoms with Crippen LogP contribution in [-0.2, 0) is 40.1 Å². The zero-order valence-corrected chi connectivity index (χ0v) is 28.7. The molecule has 0 aliphatic carbocycles. The van der Waals surface area contributed by atoms with Gasteiger partial charge in [0, 0.05) is 37.3 Å². The second-order valence-electron chi connectivity index (χ2n) is 12.9. The van der Waals surface area contributed by atoms with Crippen LogP contribution < -0.4 is 32.7 Å². The molecule has 0 bridgehead atoms. The van der Waals surface area contributed by atoms with Crippen LogP contribution in [0.5, 0.6) is 0 Å². The number of hydrogen-bond donors (Lipinski definition) is 6. The van der Waals surface area contributed by atoms with Gasteiger partial charge in [0.05, 0.1) is 5.41 Å². The third kappa shape index (κ3) is 15.3. The quantitative estimate of drug-likeness (QED) is 0.0628. The first-order chi connectivity index (χ1) is 23.2. The summed E-state index contributed by atoms with van der Waals surface area (Å²) < 4.78 is 5.34. The molecule has 270 valence electrons. The topological polar surface area (TPSA) is 232 Å². The van der Waals surface area contributed by atoms with Gasteiger partial charge in [-0.3, -0.25) is 33.7 Å². The third-order valence-corrected chi connectivity index (χ3v) is 7.59. The van der Waals surface area contributed by atoms with E-state index in [2.05, 4.69) is 21.3 Å². The molecule has 1 aromatic rings. The van der Waals surface area contributed by atoms with Crippen LogP contribution in [-0.4, -0.2) is 78.2 Å². The number of nitrogens with zero attached hydrogens (tertiary/aromatic N) is 1. The van der Waals surface area contributed by atoms with Gasteiger partial charge in [0.2, 0.25) is 17.7 Å². The second kappa shape index (κ2) is 20.5. The molecule has 1 aliphatic rings. The highest BCUT2D eigenvalue weighted by molar-refractivity contribution is 6.12. The molecule has 1 heterocycles. The molecule has 8 N–H and O–H groups in total. The number of anilines is 1. The molecular weight excluding hydrogens is 634 g/mol. The summed E-state index contributed by atoms with van der Waals surface area (Å²) in [4.78, 5) is 87.4. The van der Waals surface area contributed by atoms with E-state index in [9.17, 15) is 33.6 Å². The number of ether oxygens (including phenoxy) is 1. The van der Waals surface area contributed by atoms with E-state index >= 15 is 0 Å². The van der Waals surface area contributed by atoms with E-state index in [1.54, 1.807) is 45.0 Å². The summed E-state index contributed by atoms with van der Waals surface area (Å²) in [6.45, 7) is 6.22. The SMILES string of the molecule is CC(C)(C)C(=O)OCc1ccc(NC(=O)C(CCCNC(N)=O)NC(=O)[C@H](CCCCN)NC(=O)CCCCCN2C(=O)C=CC2=O)cc1. The predicted octanol–water partition coefficient (Wildman–Crippen LogP) is 1.75. The predicted molar refractivity (Wildman–Crippen MR) is 182 cm³/mol. The first-order valence-electron chi connectivity index (χ1n) is 16.6. The Morgan fingerprint density at radius 2 is 1.45 bits per heavy atom. The van der Waals surface area contributed by atoms with E-state index in [0.717, 1.165) is 10.5 Å². The summed E-state index contributed by atoms with van der Waals surface area (Å²) >= 11 is 0. The van der Waals surface area contributed by atoms with Gasteiger partial charge >= 0.3 is 12.0 Å². The molecule has 0 saturated carbocycles. The van der Waals surface area contributed by atoms with Gasteiger partial charge in [-0.15, -0.1) is 0 Å². The molecule has 1 aliphatic heterocycles. The maximum Gasteiger partial charge on any atom is 0.312 e. The Hall–Kier alpha value is -4.79. The summed E-state index contributed by atoms with van der Waals surface area (Å²) in [5.41, 5.74) is 11.3. The summed E-state index contributed by atoms with van der Waals surface area (Å²) in [5.74, 6) is -2.42. The van der Waals surface area contributed by atoms with Crippen molar-refractivity contribution >= 4 is 47.2 Å². The summed E-state index contributed by atoms with van der Waals surface area (Å²) in [5, 5.41) is 10.8. The molecule has 0 radical (unpaired) electrons. The highest BCUT2D eigenvalue weighted by Crippen LogP contribution is 2.18. The third-order valence-electron chi connectivity index (χ3n) is 7.59. The number of rotatable bonds is 21. The number of carbonyl (C=O) groups excluding carboxylic acids is 7. The van der Waals surface area contributed by atoms with Gasteiger partial charge in [-0.2, -0.15) is 0 Å². The zero-order chi connectivity index (χ0) is 36.4. The normalized spacial score (nSPS) is 13.8. The minimum atomic E-state index is -1.01. The van der Waals surface area contributed by atoms with Crippen LogP contribution in [0.4, 0.5) is 10.5 Å². The number of benzene rings is 1. The van der Waals surface area contributed by atoms with Crippen molar-refractivity contribution in [1.82, 2.24) is 20.9 Å². The monoisotopic (exact) mass is 685 g/mol. The molecule has 7 amide bonds. The van der Waals surface area contributed by atoms with Gasteiger partial charge in [0.1, 0.15) is 18.7 Å². The standard InChI is InChI=1S/C34H51N7O8/c1-34(2,3)32(47)49-22-23-13-15-24(16-14-23)38-30(45)26(11-9-20-37-33(36)48)40-31(46)25(10-6-7-19-35)39-27(42)12-5-4-8-21-41-28(43)17-18-29(41)44/h13-18,25-26H,4-12,19-22,35H2,1-3H3,(H,38,45)(H,39,42)(H,40,46)(H3,36,37,48)/t25-,26?/m0/s1. The molecule has 49 heavy (non-hydrogen) atoms. The van der Waals surface area contributed by atoms with Gasteiger partial charge in [0.15, 0.2) is 0 Å². The number of esters is 1. The highest BCUT2D eigenvalue weighted by Gasteiger charge is 2.27. The molecule has 0 aromatic heterocycles. The molecular formula is C34H51N7O8. The van der Waals surface area contributed by atoms with E-state index in [4.69, 9.17) is 16.2 Å². The minimum absolute atomic E-state index is 0.0749. The molecule has 1 unspecified atom stereocenters. The van der Waals surface area contributed by atoms with Gasteiger partial charge in [-0.05, 0) is 90.0 Å². The first-order valence-corrected chi connectivity index (χ1v) is 16.6. The van der Waals surface area contributed by atoms with Crippen molar-refractivity contribution < 1.29 is 38.3 Å². The number of carbonyl (C=O) groups is 7. The van der Waals surface area contributed by atoms with Crippen molar-refractivity contribution in [2.24, 2.45) is 16.9 Å². The van der Waals surface area contributed by atoms with Crippen molar-refractivity contribution in [1.29, 1.82) is 0 Å². The van der Waals surface area contributed by atoms with E-state index in [-0.39, 0.29) is 56.2 Å². The average Bonchev–Trinajstić information content (AvgIpc) is 3.36. The van der Waals surface area contributed by atoms with E-state index in [0.29, 0.717) is 57.2 Å². The Labute approximate surface area is 287 Å². The molecule has 0 spiro atoms. The number of urea groups is 1. The van der Waals surface area contributed by atoms with E-state index in [1.165, 1.54) is 12.2 Å². The molecule has 2 rings (SSSR count). The first kappa shape index (κ1) is 40.4. The van der Waals surface area contributed by atoms with Gasteiger partial charge in [-0.1, -0.05) is 18.6 Å². The Bertz CT molecular complexity index is 1320. The van der Waals surface area contributed by atoms with E-state index < -0.39 is 35.3 Å². The fourth-order valence-corrected chi connectivity index (χ4v) is 4.75. The van der Waals surface area contributed by atoms with Crippen molar-refractivity contribution in [3.63, 3.8) is 0 Å². The maximum atomic E-state index is 13.5. The van der Waals surface area contributed by atoms with Gasteiger partial charge < -0.3 is 37.5 Å². The van der Waals surface area contributed by atoms with Crippen LogP contribution in [0.1, 0.15) is 84.1 Å². The largest absolute Gasteiger partial charge is 0.460 e. The van der Waals surface area contributed by atoms with Crippen LogP contribution in [0.25, 0.3) is 0 Å². The summed E-state index contributed by atoms with van der Waals surface area (Å²) in [7, 11) is 0. The molecule has 15 nitrogen and oxygen atoms in total. The molecule has 1 aromatic carbocycles. The summed E-state index contributed by atoms with van der Waals surface area (Å²) in [6, 6.07) is 4.09. The fraction of sp³-hybridized carbons (Fsp3) is 0.559. The summed E-state index contributed by atoms with van der Waals surface area (Å²) in [6.07, 6.45) is 6.22. The Balaban J connectivity index is 2.00. The van der Waals surface area contributed by atoms with Crippen LogP contribution in [0.15, 0.2) is 36.4 Å². The smallest absolute Gasteiger partial charge is 0.312 e. The minimum Gasteiger partial charge on any atom is -0.460 e. The number of imide groups is 1. The molecule has 0 fully saturated rings. The lowest BCUT2D eigenvalue weighted by molar-refractivity contribution is -0.154. The molecule has 2 atom stereocenters. The molecule has 0 saturated heterocycles. The van der Waals surface area contributed by atoms with Crippen molar-refractivity contribution in [3.05, 3.63) is 42.0 Å². The highest BCUT2D eigenvalue weighted by atomic mass is 16.5. The van der Waals surface area contributed by atoms with Crippen LogP contribution >= 0.6 is 0 Å². The van der Waals surface area contributed by atoms with Crippen molar-refractivity contribution in [2.45, 2.75) is 97.2 Å². The lowest BCUT2D eigenvalue weighted by Crippen LogP contribution is -2.52. The average molecular weight is 686 g/mol. The van der Waals surface area contributed by atoms with Gasteiger partial charge in [0.25, 0.3) is 11.8 Å². The van der Waals surface area contributed by atoms with Crippen LogP contribution in [0.3, 0.4) is 0 Å². The lowest BCUT2D eigenvalue weighted by atomic mass is 9.97. The molecule has 15 heteroatoms. The zero-order valence-electron chi connectivity index (χ0n) is 28.7. The van der Waals surface area contributed by atoms with Crippen molar-refractivity contribution in [2.75, 3.05) is 25.0 Å². The Morgan fingerprint density at radius 3 is 2.06 bits per heavy atom. The van der Waals surface area contributed by atoms with Crippen LogP contribution in [0.2, 0.25) is 0 Å². The Kier molecular flexibility index (Phi) is 16.9. The second-order valence-corrected chi connectivity index (χ2v) is 12.9. The van der Waals surface area contributed by atoms with E-state index in [1.807, 2.05) is 0 Å². The lowest BCUT2D eigenvalue weighted by Gasteiger charge is -2.23. The number of unbranched alkanes of at least 4 members (excludes halogenated alkanes) is 3. The number of amides is 7. The Morgan fingerprint density at radius 1 is 0.816 bits per heavy atom.